The molecule has 0 amide bonds. The van der Waals surface area contributed by atoms with E-state index < -0.39 is 0 Å². The van der Waals surface area contributed by atoms with Crippen LogP contribution in [0, 0.1) is 0 Å². The number of para-hydroxylation sites is 1. The number of aromatic nitrogens is 1. The van der Waals surface area contributed by atoms with Crippen LogP contribution in [0.5, 0.6) is 0 Å². The second kappa shape index (κ2) is 7.53. The molecule has 4 heteroatoms. The molecule has 0 saturated heterocycles. The van der Waals surface area contributed by atoms with Crippen molar-refractivity contribution in [1.29, 1.82) is 0 Å². The van der Waals surface area contributed by atoms with E-state index in [0.717, 1.165) is 25.1 Å². The van der Waals surface area contributed by atoms with Gasteiger partial charge in [-0.3, -0.25) is 0 Å². The van der Waals surface area contributed by atoms with E-state index >= 15 is 0 Å². The summed E-state index contributed by atoms with van der Waals surface area (Å²) in [5, 5.41) is 1.32. The summed E-state index contributed by atoms with van der Waals surface area (Å²) in [6.45, 7) is 1.81. The second-order valence-electron chi connectivity index (χ2n) is 6.54. The summed E-state index contributed by atoms with van der Waals surface area (Å²) in [6.07, 6.45) is 3.28. The van der Waals surface area contributed by atoms with E-state index in [1.165, 1.54) is 23.6 Å². The summed E-state index contributed by atoms with van der Waals surface area (Å²) in [4.78, 5) is 13.8. The lowest BCUT2D eigenvalue weighted by atomic mass is 10.1. The van der Waals surface area contributed by atoms with Crippen LogP contribution in [0.4, 0.5) is 0 Å². The van der Waals surface area contributed by atoms with Crippen molar-refractivity contribution in [3.63, 3.8) is 0 Å². The fourth-order valence-corrected chi connectivity index (χ4v) is 3.06. The monoisotopic (exact) mass is 336 g/mol. The number of likely N-dealkylation sites (N-methyl/N-ethyl adjacent to an activating group) is 1. The van der Waals surface area contributed by atoms with Gasteiger partial charge in [0.05, 0.1) is 12.7 Å². The van der Waals surface area contributed by atoms with Gasteiger partial charge in [0.1, 0.15) is 0 Å². The Labute approximate surface area is 148 Å². The third-order valence-corrected chi connectivity index (χ3v) is 4.43. The van der Waals surface area contributed by atoms with Gasteiger partial charge in [0, 0.05) is 30.2 Å². The minimum atomic E-state index is -0.302. The Balaban J connectivity index is 1.87. The molecule has 3 aromatic rings. The molecule has 0 spiro atoms. The van der Waals surface area contributed by atoms with Gasteiger partial charge < -0.3 is 14.2 Å². The zero-order chi connectivity index (χ0) is 17.8. The molecule has 0 aliphatic carbocycles. The predicted molar refractivity (Wildman–Crippen MR) is 101 cm³/mol. The van der Waals surface area contributed by atoms with Crippen LogP contribution in [0.3, 0.4) is 0 Å². The van der Waals surface area contributed by atoms with Gasteiger partial charge in [-0.15, -0.1) is 0 Å². The first-order valence-electron chi connectivity index (χ1n) is 8.47. The molecule has 0 unspecified atom stereocenters. The van der Waals surface area contributed by atoms with Gasteiger partial charge in [-0.2, -0.15) is 0 Å². The number of nitrogens with zero attached hydrogens (tertiary/aromatic N) is 2. The molecule has 0 bridgehead atoms. The zero-order valence-electron chi connectivity index (χ0n) is 15.0. The Morgan fingerprint density at radius 3 is 2.48 bits per heavy atom. The Hall–Kier alpha value is -2.59. The van der Waals surface area contributed by atoms with E-state index in [1.54, 1.807) is 0 Å². The fourth-order valence-electron chi connectivity index (χ4n) is 3.06. The number of hydrogen-bond donors (Lipinski definition) is 0. The molecule has 0 radical (unpaired) electrons. The Bertz CT molecular complexity index is 863. The van der Waals surface area contributed by atoms with Crippen LogP contribution < -0.4 is 0 Å². The number of fused-ring (bicyclic) bond motifs is 1. The van der Waals surface area contributed by atoms with E-state index in [1.807, 2.05) is 24.3 Å². The highest BCUT2D eigenvalue weighted by Gasteiger charge is 2.10. The first-order valence-corrected chi connectivity index (χ1v) is 8.47. The van der Waals surface area contributed by atoms with Crippen molar-refractivity contribution in [2.45, 2.75) is 13.0 Å². The topological polar surface area (TPSA) is 34.5 Å². The smallest absolute Gasteiger partial charge is 0.337 e. The quantitative estimate of drug-likeness (QED) is 0.645. The van der Waals surface area contributed by atoms with Crippen LogP contribution in [0.1, 0.15) is 21.5 Å². The minimum absolute atomic E-state index is 0.302. The molecule has 0 fully saturated rings. The Morgan fingerprint density at radius 1 is 1.08 bits per heavy atom. The third-order valence-electron chi connectivity index (χ3n) is 4.43. The summed E-state index contributed by atoms with van der Waals surface area (Å²) < 4.78 is 7.04. The summed E-state index contributed by atoms with van der Waals surface area (Å²) >= 11 is 0. The summed E-state index contributed by atoms with van der Waals surface area (Å²) in [5.41, 5.74) is 4.35. The fraction of sp³-hybridized carbons (Fsp3) is 0.286. The van der Waals surface area contributed by atoms with Crippen molar-refractivity contribution >= 4 is 16.9 Å². The molecule has 1 aromatic heterocycles. The number of carbonyl (C=O) groups is 1. The number of methoxy groups -OCH3 is 1. The van der Waals surface area contributed by atoms with E-state index in [4.69, 9.17) is 4.74 Å². The van der Waals surface area contributed by atoms with Crippen LogP contribution in [-0.2, 0) is 17.7 Å². The van der Waals surface area contributed by atoms with Crippen molar-refractivity contribution < 1.29 is 9.53 Å². The number of ether oxygens (including phenoxy) is 1. The number of esters is 1. The molecule has 25 heavy (non-hydrogen) atoms. The minimum Gasteiger partial charge on any atom is -0.465 e. The van der Waals surface area contributed by atoms with Gasteiger partial charge in [-0.1, -0.05) is 30.3 Å². The standard InChI is InChI=1S/C21H24N2O2/c1-22(2)13-12-18-15-23(20-7-5-4-6-19(18)20)14-16-8-10-17(11-9-16)21(24)25-3/h4-11,15H,12-14H2,1-3H3. The van der Waals surface area contributed by atoms with Crippen molar-refractivity contribution in [3.05, 3.63) is 71.4 Å². The summed E-state index contributed by atoms with van der Waals surface area (Å²) in [6, 6.07) is 16.1. The molecule has 2 aromatic carbocycles. The Kier molecular flexibility index (Phi) is 5.19. The van der Waals surface area contributed by atoms with Gasteiger partial charge in [0.2, 0.25) is 0 Å². The number of carbonyl (C=O) groups excluding carboxylic acids is 1. The molecule has 1 heterocycles. The molecule has 4 nitrogen and oxygen atoms in total. The molecule has 0 aliphatic rings. The van der Waals surface area contributed by atoms with Crippen LogP contribution >= 0.6 is 0 Å². The van der Waals surface area contributed by atoms with Crippen molar-refractivity contribution in [1.82, 2.24) is 9.47 Å². The third kappa shape index (κ3) is 3.91. The molecular formula is C21H24N2O2. The van der Waals surface area contributed by atoms with E-state index in [9.17, 15) is 4.79 Å². The van der Waals surface area contributed by atoms with Gasteiger partial charge in [-0.25, -0.2) is 4.79 Å². The molecule has 0 aliphatic heterocycles. The molecule has 0 N–H and O–H groups in total. The van der Waals surface area contributed by atoms with Crippen LogP contribution in [0.25, 0.3) is 10.9 Å². The first kappa shape index (κ1) is 17.2. The summed E-state index contributed by atoms with van der Waals surface area (Å²) in [5.74, 6) is -0.302. The maximum absolute atomic E-state index is 11.6. The normalized spacial score (nSPS) is 11.2. The number of benzene rings is 2. The first-order chi connectivity index (χ1) is 12.1. The van der Waals surface area contributed by atoms with Gasteiger partial charge in [0.25, 0.3) is 0 Å². The van der Waals surface area contributed by atoms with Gasteiger partial charge >= 0.3 is 5.97 Å². The van der Waals surface area contributed by atoms with Crippen LogP contribution in [0.15, 0.2) is 54.7 Å². The lowest BCUT2D eigenvalue weighted by Crippen LogP contribution is -2.14. The maximum atomic E-state index is 11.6. The largest absolute Gasteiger partial charge is 0.465 e. The van der Waals surface area contributed by atoms with Crippen LogP contribution in [0.2, 0.25) is 0 Å². The molecular weight excluding hydrogens is 312 g/mol. The van der Waals surface area contributed by atoms with Gasteiger partial charge in [-0.05, 0) is 49.8 Å². The Morgan fingerprint density at radius 2 is 1.80 bits per heavy atom. The lowest BCUT2D eigenvalue weighted by molar-refractivity contribution is 0.0600. The second-order valence-corrected chi connectivity index (χ2v) is 6.54. The van der Waals surface area contributed by atoms with Crippen molar-refractivity contribution in [3.8, 4) is 0 Å². The van der Waals surface area contributed by atoms with Crippen molar-refractivity contribution in [2.24, 2.45) is 0 Å². The number of rotatable bonds is 6. The SMILES string of the molecule is COC(=O)c1ccc(Cn2cc(CCN(C)C)c3ccccc32)cc1. The van der Waals surface area contributed by atoms with Crippen molar-refractivity contribution in [2.75, 3.05) is 27.7 Å². The molecule has 0 saturated carbocycles. The predicted octanol–water partition coefficient (Wildman–Crippen LogP) is 3.58. The number of hydrogen-bond acceptors (Lipinski definition) is 3. The zero-order valence-corrected chi connectivity index (χ0v) is 15.0. The highest BCUT2D eigenvalue weighted by Crippen LogP contribution is 2.23. The molecule has 0 atom stereocenters. The van der Waals surface area contributed by atoms with E-state index in [0.29, 0.717) is 5.56 Å². The van der Waals surface area contributed by atoms with Crippen LogP contribution in [-0.4, -0.2) is 43.2 Å². The average molecular weight is 336 g/mol. The van der Waals surface area contributed by atoms with E-state index in [2.05, 4.69) is 54.0 Å². The van der Waals surface area contributed by atoms with Gasteiger partial charge in [0.15, 0.2) is 0 Å². The highest BCUT2D eigenvalue weighted by atomic mass is 16.5. The average Bonchev–Trinajstić information content (AvgIpc) is 2.98. The summed E-state index contributed by atoms with van der Waals surface area (Å²) in [7, 11) is 5.60. The molecule has 130 valence electrons. The highest BCUT2D eigenvalue weighted by molar-refractivity contribution is 5.89. The lowest BCUT2D eigenvalue weighted by Gasteiger charge is -2.08. The molecule has 3 rings (SSSR count). The van der Waals surface area contributed by atoms with E-state index in [-0.39, 0.29) is 5.97 Å². The maximum Gasteiger partial charge on any atom is 0.337 e.